The maximum atomic E-state index is 12.6. The number of fused-ring (bicyclic) bond motifs is 3. The summed E-state index contributed by atoms with van der Waals surface area (Å²) in [6.07, 6.45) is 0.159. The van der Waals surface area contributed by atoms with E-state index in [0.717, 1.165) is 11.1 Å². The second kappa shape index (κ2) is 5.77. The summed E-state index contributed by atoms with van der Waals surface area (Å²) in [5.41, 5.74) is 2.33. The van der Waals surface area contributed by atoms with Crippen molar-refractivity contribution in [2.24, 2.45) is 0 Å². The van der Waals surface area contributed by atoms with E-state index in [2.05, 4.69) is 6.58 Å². The van der Waals surface area contributed by atoms with E-state index in [-0.39, 0.29) is 23.3 Å². The fourth-order valence-corrected chi connectivity index (χ4v) is 3.14. The van der Waals surface area contributed by atoms with Gasteiger partial charge < -0.3 is 10.2 Å². The number of carbonyl (C=O) groups excluding carboxylic acids is 1. The Morgan fingerprint density at radius 2 is 1.67 bits per heavy atom. The van der Waals surface area contributed by atoms with Gasteiger partial charge in [-0.15, -0.1) is 0 Å². The molecule has 1 aliphatic carbocycles. The van der Waals surface area contributed by atoms with E-state index in [1.807, 2.05) is 24.3 Å². The molecule has 2 aromatic rings. The van der Waals surface area contributed by atoms with Gasteiger partial charge in [0.2, 0.25) is 0 Å². The average molecular weight is 322 g/mol. The van der Waals surface area contributed by atoms with Crippen molar-refractivity contribution in [1.29, 1.82) is 0 Å². The number of rotatable bonds is 4. The first kappa shape index (κ1) is 15.7. The molecule has 24 heavy (non-hydrogen) atoms. The molecule has 0 radical (unpaired) electrons. The normalized spacial score (nSPS) is 13.6. The minimum Gasteiger partial charge on any atom is -0.481 e. The van der Waals surface area contributed by atoms with Gasteiger partial charge in [0.05, 0.1) is 0 Å². The van der Waals surface area contributed by atoms with Gasteiger partial charge in [-0.25, -0.2) is 4.79 Å². The Morgan fingerprint density at radius 1 is 1.00 bits per heavy atom. The molecule has 1 atom stereocenters. The van der Waals surface area contributed by atoms with Crippen molar-refractivity contribution in [3.8, 4) is 11.1 Å². The Balaban J connectivity index is 2.26. The average Bonchev–Trinajstić information content (AvgIpc) is 2.54. The second-order valence-electron chi connectivity index (χ2n) is 5.63. The van der Waals surface area contributed by atoms with Crippen LogP contribution in [0, 0.1) is 0 Å². The van der Waals surface area contributed by atoms with Crippen molar-refractivity contribution in [1.82, 2.24) is 0 Å². The van der Waals surface area contributed by atoms with Gasteiger partial charge in [-0.3, -0.25) is 9.59 Å². The van der Waals surface area contributed by atoms with Crippen LogP contribution in [0.3, 0.4) is 0 Å². The fourth-order valence-electron chi connectivity index (χ4n) is 3.14. The smallest absolute Gasteiger partial charge is 0.332 e. The molecule has 0 saturated carbocycles. The molecule has 5 heteroatoms. The van der Waals surface area contributed by atoms with E-state index in [9.17, 15) is 19.5 Å². The van der Waals surface area contributed by atoms with Gasteiger partial charge in [0.15, 0.2) is 5.78 Å². The summed E-state index contributed by atoms with van der Waals surface area (Å²) >= 11 is 0. The third-order valence-electron chi connectivity index (χ3n) is 4.22. The number of hydrogen-bond donors (Lipinski definition) is 2. The Bertz CT molecular complexity index is 894. The lowest BCUT2D eigenvalue weighted by atomic mass is 9.78. The molecule has 120 valence electrons. The van der Waals surface area contributed by atoms with Crippen molar-refractivity contribution in [2.45, 2.75) is 12.3 Å². The van der Waals surface area contributed by atoms with Crippen molar-refractivity contribution >= 4 is 17.7 Å². The first-order valence-electron chi connectivity index (χ1n) is 7.31. The molecule has 1 aliphatic rings. The Hall–Kier alpha value is -3.21. The predicted molar refractivity (Wildman–Crippen MR) is 87.1 cm³/mol. The standard InChI is InChI=1S/C19H14O5/c1-10(18(21)22)16(19(23)24)14-8-4-7-13-12-6-3-2-5-11(12)9-15(20)17(13)14/h2-8,16H,1,9H2,(H,21,22)(H,23,24). The third kappa shape index (κ3) is 2.40. The molecular formula is C19H14O5. The molecule has 5 nitrogen and oxygen atoms in total. The van der Waals surface area contributed by atoms with E-state index >= 15 is 0 Å². The van der Waals surface area contributed by atoms with Crippen molar-refractivity contribution in [2.75, 3.05) is 0 Å². The number of carboxylic acid groups (broad SMARTS) is 2. The monoisotopic (exact) mass is 322 g/mol. The van der Waals surface area contributed by atoms with E-state index in [4.69, 9.17) is 5.11 Å². The molecule has 1 unspecified atom stereocenters. The van der Waals surface area contributed by atoms with Crippen LogP contribution in [-0.2, 0) is 16.0 Å². The van der Waals surface area contributed by atoms with Gasteiger partial charge in [-0.1, -0.05) is 49.0 Å². The number of hydrogen-bond acceptors (Lipinski definition) is 3. The molecule has 0 amide bonds. The Morgan fingerprint density at radius 3 is 2.33 bits per heavy atom. The minimum atomic E-state index is -1.47. The lowest BCUT2D eigenvalue weighted by Gasteiger charge is -2.24. The number of carbonyl (C=O) groups is 3. The molecule has 0 spiro atoms. The quantitative estimate of drug-likeness (QED) is 0.845. The summed E-state index contributed by atoms with van der Waals surface area (Å²) in [6, 6.07) is 12.3. The molecule has 2 N–H and O–H groups in total. The van der Waals surface area contributed by atoms with Crippen LogP contribution >= 0.6 is 0 Å². The summed E-state index contributed by atoms with van der Waals surface area (Å²) in [6.45, 7) is 3.38. The van der Waals surface area contributed by atoms with Crippen LogP contribution < -0.4 is 0 Å². The lowest BCUT2D eigenvalue weighted by molar-refractivity contribution is -0.141. The first-order chi connectivity index (χ1) is 11.4. The van der Waals surface area contributed by atoms with Crippen LogP contribution in [0.5, 0.6) is 0 Å². The minimum absolute atomic E-state index is 0.159. The Kier molecular flexibility index (Phi) is 3.77. The topological polar surface area (TPSA) is 91.7 Å². The van der Waals surface area contributed by atoms with Crippen molar-refractivity contribution < 1.29 is 24.6 Å². The molecule has 2 aromatic carbocycles. The Labute approximate surface area is 137 Å². The van der Waals surface area contributed by atoms with E-state index in [1.54, 1.807) is 12.1 Å². The van der Waals surface area contributed by atoms with E-state index in [0.29, 0.717) is 5.56 Å². The van der Waals surface area contributed by atoms with Crippen molar-refractivity contribution in [3.05, 3.63) is 71.3 Å². The zero-order chi connectivity index (χ0) is 17.4. The van der Waals surface area contributed by atoms with Crippen LogP contribution in [0.25, 0.3) is 11.1 Å². The lowest BCUT2D eigenvalue weighted by Crippen LogP contribution is -2.23. The van der Waals surface area contributed by atoms with E-state index in [1.165, 1.54) is 6.07 Å². The predicted octanol–water partition coefficient (Wildman–Crippen LogP) is 2.90. The molecular weight excluding hydrogens is 308 g/mol. The summed E-state index contributed by atoms with van der Waals surface area (Å²) in [7, 11) is 0. The highest BCUT2D eigenvalue weighted by molar-refractivity contribution is 6.10. The largest absolute Gasteiger partial charge is 0.481 e. The van der Waals surface area contributed by atoms with Gasteiger partial charge in [0.25, 0.3) is 0 Å². The van der Waals surface area contributed by atoms with Gasteiger partial charge in [-0.2, -0.15) is 0 Å². The third-order valence-corrected chi connectivity index (χ3v) is 4.22. The van der Waals surface area contributed by atoms with Gasteiger partial charge in [0.1, 0.15) is 5.92 Å². The maximum absolute atomic E-state index is 12.6. The van der Waals surface area contributed by atoms with Crippen LogP contribution in [0.4, 0.5) is 0 Å². The van der Waals surface area contributed by atoms with Crippen LogP contribution in [0.1, 0.15) is 27.4 Å². The first-order valence-corrected chi connectivity index (χ1v) is 7.31. The van der Waals surface area contributed by atoms with Gasteiger partial charge >= 0.3 is 11.9 Å². The molecule has 0 aromatic heterocycles. The zero-order valence-corrected chi connectivity index (χ0v) is 12.7. The molecule has 0 aliphatic heterocycles. The SMILES string of the molecule is C=C(C(=O)O)C(C(=O)O)c1cccc2c1C(=O)Cc1ccccc1-2. The number of aliphatic carboxylic acids is 2. The summed E-state index contributed by atoms with van der Waals surface area (Å²) in [5, 5.41) is 18.6. The number of benzene rings is 2. The molecule has 0 saturated heterocycles. The van der Waals surface area contributed by atoms with Crippen LogP contribution in [-0.4, -0.2) is 27.9 Å². The van der Waals surface area contributed by atoms with Crippen molar-refractivity contribution in [3.63, 3.8) is 0 Å². The zero-order valence-electron chi connectivity index (χ0n) is 12.7. The number of Topliss-reactive ketones (excluding diaryl/α,β-unsaturated/α-hetero) is 1. The summed E-state index contributed by atoms with van der Waals surface area (Å²) in [4.78, 5) is 35.5. The fraction of sp³-hybridized carbons (Fsp3) is 0.105. The van der Waals surface area contributed by atoms with Crippen LogP contribution in [0.15, 0.2) is 54.6 Å². The molecule has 0 bridgehead atoms. The second-order valence-corrected chi connectivity index (χ2v) is 5.63. The molecule has 3 rings (SSSR count). The highest BCUT2D eigenvalue weighted by Crippen LogP contribution is 2.38. The van der Waals surface area contributed by atoms with Crippen LogP contribution in [0.2, 0.25) is 0 Å². The summed E-state index contributed by atoms with van der Waals surface area (Å²) < 4.78 is 0. The van der Waals surface area contributed by atoms with Gasteiger partial charge in [-0.05, 0) is 22.3 Å². The highest BCUT2D eigenvalue weighted by Gasteiger charge is 2.34. The maximum Gasteiger partial charge on any atom is 0.332 e. The summed E-state index contributed by atoms with van der Waals surface area (Å²) in [5.74, 6) is -4.43. The number of carboxylic acids is 2. The highest BCUT2D eigenvalue weighted by atomic mass is 16.4. The van der Waals surface area contributed by atoms with E-state index < -0.39 is 23.4 Å². The molecule has 0 fully saturated rings. The number of ketones is 1. The molecule has 0 heterocycles. The van der Waals surface area contributed by atoms with Gasteiger partial charge in [0, 0.05) is 17.6 Å².